The number of nitrogens with zero attached hydrogens (tertiary/aromatic N) is 3. The zero-order valence-electron chi connectivity index (χ0n) is 20.4. The van der Waals surface area contributed by atoms with Crippen LogP contribution in [0, 0.1) is 17.0 Å². The third-order valence-electron chi connectivity index (χ3n) is 5.89. The molecule has 2 atom stereocenters. The van der Waals surface area contributed by atoms with Crippen molar-refractivity contribution in [3.8, 4) is 0 Å². The van der Waals surface area contributed by atoms with E-state index >= 15 is 0 Å². The van der Waals surface area contributed by atoms with Crippen LogP contribution in [-0.2, 0) is 19.6 Å². The van der Waals surface area contributed by atoms with Gasteiger partial charge in [0.1, 0.15) is 0 Å². The number of rotatable bonds is 10. The molecule has 0 radical (unpaired) electrons. The number of benzene rings is 2. The lowest BCUT2D eigenvalue weighted by molar-refractivity contribution is -0.384. The fraction of sp³-hybridized carbons (Fsp3) is 0.375. The molecular weight excluding hydrogens is 504 g/mol. The summed E-state index contributed by atoms with van der Waals surface area (Å²) < 4.78 is 26.9. The van der Waals surface area contributed by atoms with Crippen molar-refractivity contribution in [1.29, 1.82) is 0 Å². The highest BCUT2D eigenvalue weighted by Crippen LogP contribution is 2.26. The van der Waals surface area contributed by atoms with Crippen LogP contribution in [0.4, 0.5) is 5.69 Å². The van der Waals surface area contributed by atoms with Gasteiger partial charge in [0.05, 0.1) is 23.1 Å². The van der Waals surface area contributed by atoms with E-state index in [0.717, 1.165) is 20.8 Å². The quantitative estimate of drug-likeness (QED) is 0.346. The number of hydrogen-bond donors (Lipinski definition) is 2. The molecule has 2 amide bonds. The second-order valence-corrected chi connectivity index (χ2v) is 10.7. The summed E-state index contributed by atoms with van der Waals surface area (Å²) in [6, 6.07) is 10.6. The average molecular weight is 533 g/mol. The van der Waals surface area contributed by atoms with Crippen molar-refractivity contribution in [2.24, 2.45) is 0 Å². The lowest BCUT2D eigenvalue weighted by atomic mass is 10.0. The molecule has 3 rings (SSSR count). The highest BCUT2D eigenvalue weighted by molar-refractivity contribution is 7.89. The summed E-state index contributed by atoms with van der Waals surface area (Å²) in [7, 11) is -3.93. The Balaban J connectivity index is 2.00. The number of nitro benzene ring substituents is 1. The highest BCUT2D eigenvalue weighted by Gasteiger charge is 2.46. The first-order valence-electron chi connectivity index (χ1n) is 11.6. The molecular formula is C24H28N4O8S. The third-order valence-corrected chi connectivity index (χ3v) is 7.91. The standard InChI is InChI=1S/C24H28N4O8S/c1-3-12-37(35,36)27-11-10-26(24(32)18-8-4-6-16(2)13-18)23(27)22(31)25-20(15-21(29)30)17-7-5-9-19(14-17)28(33)34/h4-9,13-14,20,23H,3,10-12,15H2,1-2H3,(H,25,31)(H,29,30). The molecule has 1 saturated heterocycles. The maximum Gasteiger partial charge on any atom is 0.305 e. The van der Waals surface area contributed by atoms with Gasteiger partial charge in [0.15, 0.2) is 6.17 Å². The van der Waals surface area contributed by atoms with Crippen molar-refractivity contribution in [2.45, 2.75) is 38.9 Å². The van der Waals surface area contributed by atoms with Crippen molar-refractivity contribution in [3.63, 3.8) is 0 Å². The van der Waals surface area contributed by atoms with Gasteiger partial charge < -0.3 is 15.3 Å². The van der Waals surface area contributed by atoms with E-state index < -0.39 is 51.4 Å². The Bertz CT molecular complexity index is 1310. The topological polar surface area (TPSA) is 167 Å². The second-order valence-electron chi connectivity index (χ2n) is 8.68. The maximum absolute atomic E-state index is 13.6. The van der Waals surface area contributed by atoms with Crippen LogP contribution in [0.25, 0.3) is 0 Å². The minimum Gasteiger partial charge on any atom is -0.481 e. The Morgan fingerprint density at radius 3 is 2.49 bits per heavy atom. The Labute approximate surface area is 214 Å². The molecule has 2 aromatic carbocycles. The fourth-order valence-corrected chi connectivity index (χ4v) is 5.85. The van der Waals surface area contributed by atoms with Crippen LogP contribution in [0.1, 0.15) is 47.3 Å². The number of aryl methyl sites for hydroxylation is 1. The molecule has 198 valence electrons. The van der Waals surface area contributed by atoms with E-state index in [1.807, 2.05) is 0 Å². The van der Waals surface area contributed by atoms with Crippen molar-refractivity contribution in [1.82, 2.24) is 14.5 Å². The maximum atomic E-state index is 13.6. The third kappa shape index (κ3) is 6.49. The number of sulfonamides is 1. The van der Waals surface area contributed by atoms with E-state index in [2.05, 4.69) is 5.32 Å². The summed E-state index contributed by atoms with van der Waals surface area (Å²) in [5, 5.41) is 23.1. The minimum atomic E-state index is -3.93. The summed E-state index contributed by atoms with van der Waals surface area (Å²) in [5.74, 6) is -2.99. The normalized spacial score (nSPS) is 16.8. The van der Waals surface area contributed by atoms with Gasteiger partial charge in [-0.1, -0.05) is 36.8 Å². The number of non-ortho nitro benzene ring substituents is 1. The van der Waals surface area contributed by atoms with Crippen LogP contribution in [0.5, 0.6) is 0 Å². The molecule has 1 aliphatic rings. The van der Waals surface area contributed by atoms with Crippen LogP contribution >= 0.6 is 0 Å². The fourth-order valence-electron chi connectivity index (χ4n) is 4.23. The van der Waals surface area contributed by atoms with E-state index in [-0.39, 0.29) is 42.1 Å². The van der Waals surface area contributed by atoms with Crippen molar-refractivity contribution < 1.29 is 32.8 Å². The number of nitro groups is 1. The van der Waals surface area contributed by atoms with Crippen molar-refractivity contribution in [3.05, 3.63) is 75.3 Å². The van der Waals surface area contributed by atoms with Crippen LogP contribution in [0.3, 0.4) is 0 Å². The number of amides is 2. The van der Waals surface area contributed by atoms with E-state index in [1.165, 1.54) is 18.2 Å². The second kappa shape index (κ2) is 11.5. The molecule has 37 heavy (non-hydrogen) atoms. The predicted molar refractivity (Wildman–Crippen MR) is 133 cm³/mol. The molecule has 13 heteroatoms. The number of carboxylic acid groups (broad SMARTS) is 1. The van der Waals surface area contributed by atoms with Crippen LogP contribution < -0.4 is 5.32 Å². The lowest BCUT2D eigenvalue weighted by Gasteiger charge is -2.30. The Morgan fingerprint density at radius 1 is 1.16 bits per heavy atom. The van der Waals surface area contributed by atoms with Gasteiger partial charge in [-0.05, 0) is 31.0 Å². The van der Waals surface area contributed by atoms with Gasteiger partial charge in [-0.15, -0.1) is 0 Å². The first-order valence-corrected chi connectivity index (χ1v) is 13.2. The zero-order valence-corrected chi connectivity index (χ0v) is 21.2. The average Bonchev–Trinajstić information content (AvgIpc) is 3.29. The molecule has 1 aliphatic heterocycles. The summed E-state index contributed by atoms with van der Waals surface area (Å²) in [6.45, 7) is 3.30. The van der Waals surface area contributed by atoms with Crippen molar-refractivity contribution >= 4 is 33.5 Å². The Morgan fingerprint density at radius 2 is 1.86 bits per heavy atom. The van der Waals surface area contributed by atoms with Gasteiger partial charge in [0.25, 0.3) is 17.5 Å². The number of carboxylic acids is 1. The van der Waals surface area contributed by atoms with E-state index in [1.54, 1.807) is 38.1 Å². The molecule has 2 aromatic rings. The number of aliphatic carboxylic acids is 1. The molecule has 0 spiro atoms. The lowest BCUT2D eigenvalue weighted by Crippen LogP contribution is -2.54. The number of carbonyl (C=O) groups excluding carboxylic acids is 2. The molecule has 0 saturated carbocycles. The molecule has 0 bridgehead atoms. The molecule has 2 unspecified atom stereocenters. The number of nitrogens with one attached hydrogen (secondary N) is 1. The van der Waals surface area contributed by atoms with Crippen LogP contribution in [0.2, 0.25) is 0 Å². The van der Waals surface area contributed by atoms with E-state index in [0.29, 0.717) is 0 Å². The van der Waals surface area contributed by atoms with Gasteiger partial charge in [0, 0.05) is 30.8 Å². The van der Waals surface area contributed by atoms with E-state index in [9.17, 15) is 38.0 Å². The molecule has 1 heterocycles. The minimum absolute atomic E-state index is 0.0474. The molecule has 0 aliphatic carbocycles. The zero-order chi connectivity index (χ0) is 27.3. The molecule has 1 fully saturated rings. The van der Waals surface area contributed by atoms with Crippen molar-refractivity contribution in [2.75, 3.05) is 18.8 Å². The number of carbonyl (C=O) groups is 3. The van der Waals surface area contributed by atoms with Gasteiger partial charge in [0.2, 0.25) is 10.0 Å². The first kappa shape index (κ1) is 27.7. The van der Waals surface area contributed by atoms with Gasteiger partial charge >= 0.3 is 5.97 Å². The summed E-state index contributed by atoms with van der Waals surface area (Å²) in [6.07, 6.45) is -1.89. The summed E-state index contributed by atoms with van der Waals surface area (Å²) >= 11 is 0. The van der Waals surface area contributed by atoms with Gasteiger partial charge in [-0.25, -0.2) is 8.42 Å². The highest BCUT2D eigenvalue weighted by atomic mass is 32.2. The summed E-state index contributed by atoms with van der Waals surface area (Å²) in [4.78, 5) is 50.2. The Hall–Kier alpha value is -3.84. The first-order chi connectivity index (χ1) is 17.4. The SMILES string of the molecule is CCCS(=O)(=O)N1CCN(C(=O)c2cccc(C)c2)C1C(=O)NC(CC(=O)O)c1cccc([N+](=O)[O-])c1. The molecule has 12 nitrogen and oxygen atoms in total. The Kier molecular flexibility index (Phi) is 8.61. The van der Waals surface area contributed by atoms with Crippen LogP contribution in [0.15, 0.2) is 48.5 Å². The van der Waals surface area contributed by atoms with Gasteiger partial charge in [-0.3, -0.25) is 24.5 Å². The van der Waals surface area contributed by atoms with Gasteiger partial charge in [-0.2, -0.15) is 4.31 Å². The monoisotopic (exact) mass is 532 g/mol. The smallest absolute Gasteiger partial charge is 0.305 e. The van der Waals surface area contributed by atoms with Crippen LogP contribution in [-0.4, -0.2) is 70.4 Å². The number of hydrogen-bond acceptors (Lipinski definition) is 7. The molecule has 0 aromatic heterocycles. The largest absolute Gasteiger partial charge is 0.481 e. The summed E-state index contributed by atoms with van der Waals surface area (Å²) in [5.41, 5.74) is 0.927. The van der Waals surface area contributed by atoms with E-state index in [4.69, 9.17) is 0 Å². The molecule has 2 N–H and O–H groups in total. The predicted octanol–water partition coefficient (Wildman–Crippen LogP) is 2.06.